The van der Waals surface area contributed by atoms with E-state index in [1.54, 1.807) is 12.1 Å². The molecule has 2 N–H and O–H groups in total. The summed E-state index contributed by atoms with van der Waals surface area (Å²) in [5.41, 5.74) is 0.443. The quantitative estimate of drug-likeness (QED) is 0.842. The first-order chi connectivity index (χ1) is 10.6. The number of aliphatic hydroxyl groups is 1. The maximum absolute atomic E-state index is 13.1. The molecule has 0 aliphatic heterocycles. The van der Waals surface area contributed by atoms with Crippen molar-refractivity contribution in [3.63, 3.8) is 0 Å². The van der Waals surface area contributed by atoms with E-state index in [1.165, 1.54) is 18.6 Å². The van der Waals surface area contributed by atoms with Crippen molar-refractivity contribution in [3.05, 3.63) is 35.6 Å². The second-order valence-electron chi connectivity index (χ2n) is 5.78. The second kappa shape index (κ2) is 8.53. The van der Waals surface area contributed by atoms with Crippen LogP contribution in [0.4, 0.5) is 4.39 Å². The van der Waals surface area contributed by atoms with Crippen molar-refractivity contribution >= 4 is 17.7 Å². The van der Waals surface area contributed by atoms with Gasteiger partial charge in [0.25, 0.3) is 0 Å². The molecule has 3 unspecified atom stereocenters. The highest BCUT2D eigenvalue weighted by Crippen LogP contribution is 2.28. The molecule has 0 spiro atoms. The Kier molecular flexibility index (Phi) is 6.70. The minimum absolute atomic E-state index is 0.0223. The Morgan fingerprint density at radius 3 is 3.05 bits per heavy atom. The lowest BCUT2D eigenvalue weighted by Crippen LogP contribution is -2.39. The van der Waals surface area contributed by atoms with Crippen molar-refractivity contribution < 1.29 is 14.3 Å². The lowest BCUT2D eigenvalue weighted by molar-refractivity contribution is -0.124. The van der Waals surface area contributed by atoms with Crippen LogP contribution in [-0.4, -0.2) is 28.1 Å². The highest BCUT2D eigenvalue weighted by Gasteiger charge is 2.24. The predicted molar refractivity (Wildman–Crippen MR) is 88.3 cm³/mol. The number of rotatable bonds is 6. The monoisotopic (exact) mass is 325 g/mol. The summed E-state index contributed by atoms with van der Waals surface area (Å²) in [6.45, 7) is 2.15. The van der Waals surface area contributed by atoms with Crippen molar-refractivity contribution in [1.29, 1.82) is 0 Å². The second-order valence-corrected chi connectivity index (χ2v) is 7.36. The smallest absolute Gasteiger partial charge is 0.223 e. The number of carbonyl (C=O) groups is 1. The number of hydrogen-bond acceptors (Lipinski definition) is 3. The minimum Gasteiger partial charge on any atom is -0.388 e. The Morgan fingerprint density at radius 2 is 2.32 bits per heavy atom. The molecule has 3 atom stereocenters. The topological polar surface area (TPSA) is 49.3 Å². The van der Waals surface area contributed by atoms with Gasteiger partial charge in [-0.25, -0.2) is 4.39 Å². The molecule has 122 valence electrons. The zero-order valence-electron chi connectivity index (χ0n) is 12.9. The van der Waals surface area contributed by atoms with Gasteiger partial charge in [0, 0.05) is 11.3 Å². The summed E-state index contributed by atoms with van der Waals surface area (Å²) < 4.78 is 13.1. The molecule has 5 heteroatoms. The van der Waals surface area contributed by atoms with E-state index in [1.807, 2.05) is 11.8 Å². The van der Waals surface area contributed by atoms with Crippen LogP contribution < -0.4 is 5.32 Å². The van der Waals surface area contributed by atoms with Crippen molar-refractivity contribution in [2.24, 2.45) is 0 Å². The Hall–Kier alpha value is -1.07. The van der Waals surface area contributed by atoms with Gasteiger partial charge in [-0.1, -0.05) is 25.5 Å². The van der Waals surface area contributed by atoms with Gasteiger partial charge in [-0.15, -0.1) is 0 Å². The molecule has 2 rings (SSSR count). The van der Waals surface area contributed by atoms with Crippen molar-refractivity contribution in [1.82, 2.24) is 5.32 Å². The normalized spacial score (nSPS) is 23.0. The molecule has 0 heterocycles. The van der Waals surface area contributed by atoms with Crippen molar-refractivity contribution in [2.45, 2.75) is 56.4 Å². The van der Waals surface area contributed by atoms with Crippen molar-refractivity contribution in [2.75, 3.05) is 5.75 Å². The third-order valence-electron chi connectivity index (χ3n) is 4.01. The summed E-state index contributed by atoms with van der Waals surface area (Å²) in [5, 5.41) is 13.7. The molecule has 1 aromatic rings. The van der Waals surface area contributed by atoms with Crippen LogP contribution in [-0.2, 0) is 4.79 Å². The van der Waals surface area contributed by atoms with Crippen LogP contribution >= 0.6 is 11.8 Å². The van der Waals surface area contributed by atoms with Crippen LogP contribution in [0.5, 0.6) is 0 Å². The number of benzene rings is 1. The largest absolute Gasteiger partial charge is 0.388 e. The van der Waals surface area contributed by atoms with Gasteiger partial charge in [-0.05, 0) is 42.7 Å². The summed E-state index contributed by atoms with van der Waals surface area (Å²) in [6.07, 6.45) is 3.38. The van der Waals surface area contributed by atoms with Crippen LogP contribution in [0.2, 0.25) is 0 Å². The number of halogens is 1. The number of nitrogens with one attached hydrogen (secondary N) is 1. The minimum atomic E-state index is -0.958. The van der Waals surface area contributed by atoms with E-state index in [0.29, 0.717) is 10.8 Å². The van der Waals surface area contributed by atoms with E-state index in [0.717, 1.165) is 25.0 Å². The molecule has 1 saturated carbocycles. The standard InChI is InChI=1S/C17H24FNO2S/c1-2-22-15-8-4-7-14(10-15)19-17(21)11-16(20)12-5-3-6-13(18)9-12/h3,5-6,9,14-16,20H,2,4,7-8,10-11H2,1H3,(H,19,21). The van der Waals surface area contributed by atoms with Gasteiger partial charge in [0.1, 0.15) is 5.82 Å². The average Bonchev–Trinajstić information content (AvgIpc) is 2.47. The van der Waals surface area contributed by atoms with Gasteiger partial charge in [-0.2, -0.15) is 11.8 Å². The Balaban J connectivity index is 1.82. The molecule has 1 aliphatic carbocycles. The highest BCUT2D eigenvalue weighted by atomic mass is 32.2. The van der Waals surface area contributed by atoms with E-state index >= 15 is 0 Å². The lowest BCUT2D eigenvalue weighted by atomic mass is 9.94. The van der Waals surface area contributed by atoms with Crippen LogP contribution in [0.3, 0.4) is 0 Å². The molecular formula is C17H24FNO2S. The van der Waals surface area contributed by atoms with Gasteiger partial charge in [-0.3, -0.25) is 4.79 Å². The van der Waals surface area contributed by atoms with Gasteiger partial charge >= 0.3 is 0 Å². The fraction of sp³-hybridized carbons (Fsp3) is 0.588. The van der Waals surface area contributed by atoms with E-state index in [-0.39, 0.29) is 18.4 Å². The SMILES string of the molecule is CCSC1CCCC(NC(=O)CC(O)c2cccc(F)c2)C1. The maximum Gasteiger partial charge on any atom is 0.223 e. The zero-order chi connectivity index (χ0) is 15.9. The molecule has 0 saturated heterocycles. The molecule has 1 aliphatic rings. The van der Waals surface area contributed by atoms with E-state index < -0.39 is 11.9 Å². The number of hydrogen-bond donors (Lipinski definition) is 2. The van der Waals surface area contributed by atoms with E-state index in [2.05, 4.69) is 12.2 Å². The number of aliphatic hydroxyl groups excluding tert-OH is 1. The molecule has 0 radical (unpaired) electrons. The molecule has 22 heavy (non-hydrogen) atoms. The van der Waals surface area contributed by atoms with Crippen molar-refractivity contribution in [3.8, 4) is 0 Å². The zero-order valence-corrected chi connectivity index (χ0v) is 13.7. The summed E-state index contributed by atoms with van der Waals surface area (Å²) in [7, 11) is 0. The van der Waals surface area contributed by atoms with E-state index in [9.17, 15) is 14.3 Å². The fourth-order valence-corrected chi connectivity index (χ4v) is 4.13. The Bertz CT molecular complexity index is 495. The Morgan fingerprint density at radius 1 is 1.50 bits per heavy atom. The van der Waals surface area contributed by atoms with Gasteiger partial charge in [0.2, 0.25) is 5.91 Å². The van der Waals surface area contributed by atoms with Gasteiger partial charge in [0.05, 0.1) is 12.5 Å². The predicted octanol–water partition coefficient (Wildman–Crippen LogP) is 3.43. The van der Waals surface area contributed by atoms with E-state index in [4.69, 9.17) is 0 Å². The summed E-state index contributed by atoms with van der Waals surface area (Å²) in [6, 6.07) is 5.97. The molecule has 0 bridgehead atoms. The summed E-state index contributed by atoms with van der Waals surface area (Å²) in [5.74, 6) is 0.538. The molecule has 1 amide bonds. The van der Waals surface area contributed by atoms with Crippen LogP contribution in [0.25, 0.3) is 0 Å². The third kappa shape index (κ3) is 5.29. The van der Waals surface area contributed by atoms with Crippen LogP contribution in [0.1, 0.15) is 50.7 Å². The first-order valence-corrected chi connectivity index (χ1v) is 8.98. The van der Waals surface area contributed by atoms with Gasteiger partial charge in [0.15, 0.2) is 0 Å². The number of amides is 1. The molecule has 0 aromatic heterocycles. The third-order valence-corrected chi connectivity index (χ3v) is 5.24. The lowest BCUT2D eigenvalue weighted by Gasteiger charge is -2.29. The first-order valence-electron chi connectivity index (χ1n) is 7.93. The van der Waals surface area contributed by atoms with Crippen LogP contribution in [0.15, 0.2) is 24.3 Å². The summed E-state index contributed by atoms with van der Waals surface area (Å²) in [4.78, 5) is 12.1. The van der Waals surface area contributed by atoms with Crippen LogP contribution in [0, 0.1) is 5.82 Å². The highest BCUT2D eigenvalue weighted by molar-refractivity contribution is 7.99. The Labute approximate surface area is 135 Å². The van der Waals surface area contributed by atoms with Gasteiger partial charge < -0.3 is 10.4 Å². The first kappa shape index (κ1) is 17.3. The molecule has 1 aromatic carbocycles. The number of thioether (sulfide) groups is 1. The average molecular weight is 325 g/mol. The molecule has 1 fully saturated rings. The maximum atomic E-state index is 13.1. The summed E-state index contributed by atoms with van der Waals surface area (Å²) >= 11 is 1.95. The number of carbonyl (C=O) groups excluding carboxylic acids is 1. The molecule has 3 nitrogen and oxygen atoms in total. The fourth-order valence-electron chi connectivity index (χ4n) is 2.96. The molecular weight excluding hydrogens is 301 g/mol.